The number of aliphatic hydroxyl groups excluding tert-OH is 2. The van der Waals surface area contributed by atoms with Crippen LogP contribution in [-0.2, 0) is 18.9 Å². The number of hydrogen-bond donors (Lipinski definition) is 2. The van der Waals surface area contributed by atoms with Crippen LogP contribution in [0.15, 0.2) is 109 Å². The standard InChI is InChI=1S/C40H42O10/c41-31(27-49-39(45)35-21-11-9-19-33(35)37(43)29-15-5-3-6-16-29)25-47-23-13-1-2-14-24-48-26-32(42)28-50-40(46)36-22-12-10-20-34(36)38(44)30-17-7-4-8-18-30/h3-12,15-22,31-32,41-42H,1-2,13-14,23-28H2. The first kappa shape index (κ1) is 37.8. The van der Waals surface area contributed by atoms with Gasteiger partial charge in [0.1, 0.15) is 25.4 Å². The number of ether oxygens (including phenoxy) is 4. The van der Waals surface area contributed by atoms with E-state index in [1.807, 2.05) is 0 Å². The highest BCUT2D eigenvalue weighted by molar-refractivity contribution is 6.15. The summed E-state index contributed by atoms with van der Waals surface area (Å²) in [6.45, 7) is 0.304. The van der Waals surface area contributed by atoms with Gasteiger partial charge in [0, 0.05) is 35.5 Å². The molecule has 0 radical (unpaired) electrons. The van der Waals surface area contributed by atoms with Gasteiger partial charge >= 0.3 is 11.9 Å². The minimum Gasteiger partial charge on any atom is -0.459 e. The second kappa shape index (κ2) is 20.5. The Morgan fingerprint density at radius 1 is 0.440 bits per heavy atom. The number of hydrogen-bond acceptors (Lipinski definition) is 10. The Morgan fingerprint density at radius 2 is 0.780 bits per heavy atom. The first-order valence-electron chi connectivity index (χ1n) is 16.6. The number of aliphatic hydroxyl groups is 2. The van der Waals surface area contributed by atoms with Crippen molar-refractivity contribution in [1.82, 2.24) is 0 Å². The summed E-state index contributed by atoms with van der Waals surface area (Å²) in [5.41, 5.74) is 1.64. The molecule has 0 fully saturated rings. The van der Waals surface area contributed by atoms with Gasteiger partial charge in [-0.1, -0.05) is 110 Å². The van der Waals surface area contributed by atoms with E-state index >= 15 is 0 Å². The lowest BCUT2D eigenvalue weighted by Gasteiger charge is -2.14. The first-order valence-corrected chi connectivity index (χ1v) is 16.6. The summed E-state index contributed by atoms with van der Waals surface area (Å²) in [4.78, 5) is 51.1. The zero-order valence-electron chi connectivity index (χ0n) is 27.8. The fourth-order valence-electron chi connectivity index (χ4n) is 5.00. The van der Waals surface area contributed by atoms with Crippen molar-refractivity contribution in [2.75, 3.05) is 39.6 Å². The van der Waals surface area contributed by atoms with Crippen LogP contribution in [0.5, 0.6) is 0 Å². The second-order valence-electron chi connectivity index (χ2n) is 11.6. The lowest BCUT2D eigenvalue weighted by Crippen LogP contribution is -2.25. The van der Waals surface area contributed by atoms with Crippen LogP contribution in [0.3, 0.4) is 0 Å². The van der Waals surface area contributed by atoms with Crippen LogP contribution in [0.2, 0.25) is 0 Å². The zero-order chi connectivity index (χ0) is 35.6. The summed E-state index contributed by atoms with van der Waals surface area (Å²) in [5.74, 6) is -1.97. The number of esters is 2. The Balaban J connectivity index is 1.02. The molecular formula is C40H42O10. The predicted molar refractivity (Wildman–Crippen MR) is 185 cm³/mol. The van der Waals surface area contributed by atoms with Gasteiger partial charge in [-0.05, 0) is 25.0 Å². The van der Waals surface area contributed by atoms with Crippen molar-refractivity contribution >= 4 is 23.5 Å². The molecule has 0 saturated carbocycles. The zero-order valence-corrected chi connectivity index (χ0v) is 27.8. The average molecular weight is 683 g/mol. The number of ketones is 2. The van der Waals surface area contributed by atoms with Gasteiger partial charge in [0.15, 0.2) is 11.6 Å². The van der Waals surface area contributed by atoms with E-state index in [1.54, 1.807) is 97.1 Å². The van der Waals surface area contributed by atoms with Gasteiger partial charge in [-0.15, -0.1) is 0 Å². The molecule has 2 N–H and O–H groups in total. The molecule has 10 nitrogen and oxygen atoms in total. The van der Waals surface area contributed by atoms with Crippen molar-refractivity contribution in [1.29, 1.82) is 0 Å². The van der Waals surface area contributed by atoms with Crippen LogP contribution >= 0.6 is 0 Å². The molecule has 0 spiro atoms. The lowest BCUT2D eigenvalue weighted by atomic mass is 9.98. The van der Waals surface area contributed by atoms with E-state index in [1.165, 1.54) is 12.1 Å². The van der Waals surface area contributed by atoms with E-state index in [-0.39, 0.29) is 60.2 Å². The highest BCUT2D eigenvalue weighted by Gasteiger charge is 2.21. The van der Waals surface area contributed by atoms with Crippen LogP contribution in [-0.4, -0.2) is 85.6 Å². The normalized spacial score (nSPS) is 12.1. The van der Waals surface area contributed by atoms with Gasteiger partial charge < -0.3 is 29.2 Å². The summed E-state index contributed by atoms with van der Waals surface area (Å²) >= 11 is 0. The number of carbonyl (C=O) groups is 4. The van der Waals surface area contributed by atoms with E-state index in [0.717, 1.165) is 25.7 Å². The third-order valence-electron chi connectivity index (χ3n) is 7.62. The Kier molecular flexibility index (Phi) is 15.5. The van der Waals surface area contributed by atoms with Crippen LogP contribution in [0.25, 0.3) is 0 Å². The molecular weight excluding hydrogens is 640 g/mol. The van der Waals surface area contributed by atoms with E-state index in [0.29, 0.717) is 24.3 Å². The van der Waals surface area contributed by atoms with Gasteiger partial charge in [0.2, 0.25) is 0 Å². The maximum absolute atomic E-state index is 12.9. The lowest BCUT2D eigenvalue weighted by molar-refractivity contribution is -0.0132. The molecule has 0 aliphatic carbocycles. The van der Waals surface area contributed by atoms with Gasteiger partial charge in [-0.2, -0.15) is 0 Å². The van der Waals surface area contributed by atoms with Gasteiger partial charge in [-0.25, -0.2) is 9.59 Å². The third kappa shape index (κ3) is 11.9. The molecule has 262 valence electrons. The van der Waals surface area contributed by atoms with Gasteiger partial charge in [-0.3, -0.25) is 9.59 Å². The molecule has 0 aliphatic heterocycles. The fourth-order valence-corrected chi connectivity index (χ4v) is 5.00. The number of rotatable bonds is 21. The molecule has 0 aliphatic rings. The molecule has 2 unspecified atom stereocenters. The van der Waals surface area contributed by atoms with Crippen molar-refractivity contribution in [3.8, 4) is 0 Å². The van der Waals surface area contributed by atoms with E-state index in [9.17, 15) is 29.4 Å². The summed E-state index contributed by atoms with van der Waals surface area (Å²) in [6.07, 6.45) is 1.22. The average Bonchev–Trinajstić information content (AvgIpc) is 3.16. The van der Waals surface area contributed by atoms with Crippen molar-refractivity contribution in [3.05, 3.63) is 143 Å². The maximum Gasteiger partial charge on any atom is 0.338 e. The molecule has 0 aromatic heterocycles. The van der Waals surface area contributed by atoms with E-state index in [4.69, 9.17) is 18.9 Å². The quantitative estimate of drug-likeness (QED) is 0.0659. The summed E-state index contributed by atoms with van der Waals surface area (Å²) in [6, 6.07) is 30.1. The number of carbonyl (C=O) groups excluding carboxylic acids is 4. The highest BCUT2D eigenvalue weighted by atomic mass is 16.6. The summed E-state index contributed by atoms with van der Waals surface area (Å²) in [7, 11) is 0. The molecule has 2 atom stereocenters. The molecule has 0 bridgehead atoms. The molecule has 0 saturated heterocycles. The minimum atomic E-state index is -1.01. The van der Waals surface area contributed by atoms with Crippen molar-refractivity contribution in [2.24, 2.45) is 0 Å². The van der Waals surface area contributed by atoms with E-state index < -0.39 is 24.1 Å². The van der Waals surface area contributed by atoms with Crippen LogP contribution in [0.4, 0.5) is 0 Å². The van der Waals surface area contributed by atoms with Crippen molar-refractivity contribution in [2.45, 2.75) is 37.9 Å². The predicted octanol–water partition coefficient (Wildman–Crippen LogP) is 5.48. The summed E-state index contributed by atoms with van der Waals surface area (Å²) in [5, 5.41) is 20.4. The fraction of sp³-hybridized carbons (Fsp3) is 0.300. The molecule has 0 heterocycles. The monoisotopic (exact) mass is 682 g/mol. The van der Waals surface area contributed by atoms with E-state index in [2.05, 4.69) is 0 Å². The Bertz CT molecular complexity index is 1550. The maximum atomic E-state index is 12.9. The molecule has 0 amide bonds. The molecule has 10 heteroatoms. The largest absolute Gasteiger partial charge is 0.459 e. The van der Waals surface area contributed by atoms with Gasteiger partial charge in [0.25, 0.3) is 0 Å². The second-order valence-corrected chi connectivity index (χ2v) is 11.6. The SMILES string of the molecule is O=C(OCC(O)COCCCCCCOCC(O)COC(=O)c1ccccc1C(=O)c1ccccc1)c1ccccc1C(=O)c1ccccc1. The Labute approximate surface area is 291 Å². The first-order chi connectivity index (χ1) is 24.3. The van der Waals surface area contributed by atoms with Crippen molar-refractivity contribution in [3.63, 3.8) is 0 Å². The minimum absolute atomic E-state index is 0.00162. The smallest absolute Gasteiger partial charge is 0.338 e. The molecule has 4 rings (SSSR count). The Hall–Kier alpha value is -5.00. The summed E-state index contributed by atoms with van der Waals surface area (Å²) < 4.78 is 21.5. The molecule has 50 heavy (non-hydrogen) atoms. The van der Waals surface area contributed by atoms with Crippen LogP contribution in [0, 0.1) is 0 Å². The topological polar surface area (TPSA) is 146 Å². The van der Waals surface area contributed by atoms with Crippen LogP contribution in [0.1, 0.15) is 78.2 Å². The van der Waals surface area contributed by atoms with Crippen molar-refractivity contribution < 1.29 is 48.3 Å². The van der Waals surface area contributed by atoms with Crippen LogP contribution < -0.4 is 0 Å². The number of benzene rings is 4. The number of unbranched alkanes of at least 4 members (excludes halogenated alkanes) is 3. The van der Waals surface area contributed by atoms with Gasteiger partial charge in [0.05, 0.1) is 24.3 Å². The molecule has 4 aromatic carbocycles. The Morgan fingerprint density at radius 3 is 1.16 bits per heavy atom. The third-order valence-corrected chi connectivity index (χ3v) is 7.62. The molecule has 4 aromatic rings. The highest BCUT2D eigenvalue weighted by Crippen LogP contribution is 2.17.